The molecule has 1 heterocycles. The summed E-state index contributed by atoms with van der Waals surface area (Å²) in [4.78, 5) is 13.0. The highest BCUT2D eigenvalue weighted by Gasteiger charge is 2.25. The molecule has 0 saturated heterocycles. The molecule has 0 aliphatic rings. The van der Waals surface area contributed by atoms with Gasteiger partial charge in [0.15, 0.2) is 0 Å². The maximum atomic E-state index is 13.2. The van der Waals surface area contributed by atoms with Crippen molar-refractivity contribution in [2.75, 3.05) is 5.32 Å². The van der Waals surface area contributed by atoms with Gasteiger partial charge in [0.2, 0.25) is 11.8 Å². The lowest BCUT2D eigenvalue weighted by atomic mass is 10.1. The molecule has 3 aromatic carbocycles. The van der Waals surface area contributed by atoms with Crippen LogP contribution in [0.15, 0.2) is 93.0 Å². The van der Waals surface area contributed by atoms with Crippen molar-refractivity contribution >= 4 is 39.3 Å². The lowest BCUT2D eigenvalue weighted by molar-refractivity contribution is -0.115. The van der Waals surface area contributed by atoms with E-state index in [4.69, 9.17) is 4.42 Å². The van der Waals surface area contributed by atoms with Gasteiger partial charge in [-0.1, -0.05) is 42.5 Å². The second kappa shape index (κ2) is 9.23. The van der Waals surface area contributed by atoms with Crippen molar-refractivity contribution in [2.24, 2.45) is 0 Å². The first-order valence-corrected chi connectivity index (χ1v) is 10.6. The molecule has 0 saturated carbocycles. The van der Waals surface area contributed by atoms with Gasteiger partial charge >= 0.3 is 0 Å². The summed E-state index contributed by atoms with van der Waals surface area (Å²) >= 11 is 4.62. The molecule has 0 aliphatic heterocycles. The number of hydrogen-bond acceptors (Lipinski definition) is 5. The van der Waals surface area contributed by atoms with Crippen molar-refractivity contribution < 1.29 is 13.6 Å². The number of carbonyl (C=O) groups is 1. The fourth-order valence-electron chi connectivity index (χ4n) is 2.74. The number of aromatic nitrogens is 2. The number of amides is 1. The van der Waals surface area contributed by atoms with E-state index in [2.05, 4.69) is 31.4 Å². The van der Waals surface area contributed by atoms with Gasteiger partial charge < -0.3 is 9.73 Å². The first-order valence-electron chi connectivity index (χ1n) is 8.96. The Balaban J connectivity index is 1.59. The predicted octanol–water partition coefficient (Wildman–Crippen LogP) is 6.11. The van der Waals surface area contributed by atoms with Gasteiger partial charge in [0.05, 0.1) is 5.56 Å². The molecule has 0 radical (unpaired) electrons. The van der Waals surface area contributed by atoms with E-state index >= 15 is 0 Å². The fourth-order valence-corrected chi connectivity index (χ4v) is 4.07. The summed E-state index contributed by atoms with van der Waals surface area (Å²) in [6.07, 6.45) is 0. The third-order valence-corrected chi connectivity index (χ3v) is 5.96. The summed E-state index contributed by atoms with van der Waals surface area (Å²) in [7, 11) is 0. The van der Waals surface area contributed by atoms with Crippen LogP contribution in [-0.2, 0) is 4.79 Å². The molecule has 4 rings (SSSR count). The average molecular weight is 484 g/mol. The molecule has 1 aromatic heterocycles. The monoisotopic (exact) mass is 483 g/mol. The maximum Gasteiger partial charge on any atom is 0.277 e. The lowest BCUT2D eigenvalue weighted by Crippen LogP contribution is -2.19. The highest BCUT2D eigenvalue weighted by Crippen LogP contribution is 2.37. The minimum absolute atomic E-state index is 0.267. The summed E-state index contributed by atoms with van der Waals surface area (Å²) in [5.74, 6) is -0.290. The molecule has 1 amide bonds. The zero-order chi connectivity index (χ0) is 20.9. The van der Waals surface area contributed by atoms with E-state index in [1.807, 2.05) is 54.6 Å². The number of thioether (sulfide) groups is 1. The van der Waals surface area contributed by atoms with Gasteiger partial charge in [0.1, 0.15) is 11.1 Å². The second-order valence-corrected chi connectivity index (χ2v) is 8.17. The molecular formula is C22H15BrFN3O2S. The largest absolute Gasteiger partial charge is 0.411 e. The Labute approximate surface area is 184 Å². The van der Waals surface area contributed by atoms with Crippen LogP contribution in [0, 0.1) is 5.82 Å². The Morgan fingerprint density at radius 2 is 1.67 bits per heavy atom. The van der Waals surface area contributed by atoms with Crippen LogP contribution >= 0.6 is 27.7 Å². The van der Waals surface area contributed by atoms with Crippen LogP contribution in [0.1, 0.15) is 10.8 Å². The lowest BCUT2D eigenvalue weighted by Gasteiger charge is -2.15. The molecule has 0 spiro atoms. The normalized spacial score (nSPS) is 11.8. The first-order chi connectivity index (χ1) is 14.6. The fraction of sp³-hybridized carbons (Fsp3) is 0.0455. The van der Waals surface area contributed by atoms with Gasteiger partial charge in [-0.2, -0.15) is 0 Å². The minimum atomic E-state index is -0.635. The maximum absolute atomic E-state index is 13.2. The van der Waals surface area contributed by atoms with Gasteiger partial charge in [-0.05, 0) is 69.7 Å². The number of anilines is 1. The Morgan fingerprint density at radius 3 is 2.40 bits per heavy atom. The van der Waals surface area contributed by atoms with E-state index in [0.717, 1.165) is 27.4 Å². The topological polar surface area (TPSA) is 68.0 Å². The van der Waals surface area contributed by atoms with Crippen LogP contribution in [0.3, 0.4) is 0 Å². The summed E-state index contributed by atoms with van der Waals surface area (Å²) in [5.41, 5.74) is 2.05. The number of halogens is 2. The van der Waals surface area contributed by atoms with Crippen molar-refractivity contribution in [1.82, 2.24) is 10.2 Å². The molecule has 150 valence electrons. The molecule has 0 bridgehead atoms. The van der Waals surface area contributed by atoms with Gasteiger partial charge in [-0.3, -0.25) is 4.79 Å². The van der Waals surface area contributed by atoms with Crippen LogP contribution in [-0.4, -0.2) is 16.1 Å². The van der Waals surface area contributed by atoms with Gasteiger partial charge in [-0.15, -0.1) is 10.2 Å². The van der Waals surface area contributed by atoms with E-state index in [-0.39, 0.29) is 16.9 Å². The average Bonchev–Trinajstić information content (AvgIpc) is 3.23. The summed E-state index contributed by atoms with van der Waals surface area (Å²) in [6.45, 7) is 0. The summed E-state index contributed by atoms with van der Waals surface area (Å²) < 4.78 is 19.8. The number of carbonyl (C=O) groups excluding carboxylic acids is 1. The van der Waals surface area contributed by atoms with E-state index in [1.165, 1.54) is 24.3 Å². The Morgan fingerprint density at radius 1 is 0.967 bits per heavy atom. The van der Waals surface area contributed by atoms with Gasteiger partial charge in [0, 0.05) is 10.2 Å². The highest BCUT2D eigenvalue weighted by atomic mass is 79.9. The third kappa shape index (κ3) is 4.77. The molecular weight excluding hydrogens is 469 g/mol. The molecule has 8 heteroatoms. The van der Waals surface area contributed by atoms with Crippen molar-refractivity contribution in [1.29, 1.82) is 0 Å². The first kappa shape index (κ1) is 20.3. The van der Waals surface area contributed by atoms with Gasteiger partial charge in [-0.25, -0.2) is 4.39 Å². The smallest absolute Gasteiger partial charge is 0.277 e. The van der Waals surface area contributed by atoms with E-state index in [1.54, 1.807) is 0 Å². The van der Waals surface area contributed by atoms with E-state index < -0.39 is 5.25 Å². The SMILES string of the molecule is O=C(Nc1ccc(F)cc1)[C@@H](Sc1nnc(-c2ccccc2Br)o1)c1ccccc1. The Kier molecular flexibility index (Phi) is 6.25. The van der Waals surface area contributed by atoms with Crippen LogP contribution < -0.4 is 5.32 Å². The number of hydrogen-bond donors (Lipinski definition) is 1. The van der Waals surface area contributed by atoms with Crippen LogP contribution in [0.2, 0.25) is 0 Å². The molecule has 0 aliphatic carbocycles. The molecule has 4 aromatic rings. The van der Waals surface area contributed by atoms with Crippen molar-refractivity contribution in [3.8, 4) is 11.5 Å². The highest BCUT2D eigenvalue weighted by molar-refractivity contribution is 9.10. The number of nitrogens with one attached hydrogen (secondary N) is 1. The zero-order valence-electron chi connectivity index (χ0n) is 15.5. The van der Waals surface area contributed by atoms with Crippen molar-refractivity contribution in [2.45, 2.75) is 10.5 Å². The molecule has 1 atom stereocenters. The predicted molar refractivity (Wildman–Crippen MR) is 118 cm³/mol. The van der Waals surface area contributed by atoms with Gasteiger partial charge in [0.25, 0.3) is 5.22 Å². The second-order valence-electron chi connectivity index (χ2n) is 6.26. The summed E-state index contributed by atoms with van der Waals surface area (Å²) in [5, 5.41) is 10.6. The van der Waals surface area contributed by atoms with E-state index in [0.29, 0.717) is 11.6 Å². The van der Waals surface area contributed by atoms with Crippen LogP contribution in [0.4, 0.5) is 10.1 Å². The van der Waals surface area contributed by atoms with Crippen LogP contribution in [0.25, 0.3) is 11.5 Å². The van der Waals surface area contributed by atoms with E-state index in [9.17, 15) is 9.18 Å². The molecule has 5 nitrogen and oxygen atoms in total. The third-order valence-electron chi connectivity index (χ3n) is 4.18. The summed E-state index contributed by atoms with van der Waals surface area (Å²) in [6, 6.07) is 22.4. The number of rotatable bonds is 6. The molecule has 0 fully saturated rings. The zero-order valence-corrected chi connectivity index (χ0v) is 17.9. The number of nitrogens with zero attached hydrogens (tertiary/aromatic N) is 2. The molecule has 30 heavy (non-hydrogen) atoms. The Hall–Kier alpha value is -2.97. The standard InChI is InChI=1S/C22H15BrFN3O2S/c23-18-9-5-4-8-17(18)21-26-27-22(29-21)30-19(14-6-2-1-3-7-14)20(28)25-16-12-10-15(24)11-13-16/h1-13,19H,(H,25,28)/t19-/m0/s1. The molecule has 0 unspecified atom stereocenters. The number of benzene rings is 3. The quantitative estimate of drug-likeness (QED) is 0.335. The van der Waals surface area contributed by atoms with Crippen molar-refractivity contribution in [3.63, 3.8) is 0 Å². The Bertz CT molecular complexity index is 1150. The van der Waals surface area contributed by atoms with Crippen molar-refractivity contribution in [3.05, 3.63) is 94.7 Å². The van der Waals surface area contributed by atoms with Crippen LogP contribution in [0.5, 0.6) is 0 Å². The minimum Gasteiger partial charge on any atom is -0.411 e. The molecule has 1 N–H and O–H groups in total.